The first kappa shape index (κ1) is 27.5. The molecule has 0 fully saturated rings. The number of thiophene rings is 1. The average molecular weight is 569 g/mol. The van der Waals surface area contributed by atoms with Crippen LogP contribution in [0.4, 0.5) is 32.0 Å². The van der Waals surface area contributed by atoms with Gasteiger partial charge in [0.05, 0.1) is 16.0 Å². The minimum absolute atomic E-state index is 0.00136. The number of carbonyl (C=O) groups excluding carboxylic acids is 1. The molecule has 198 valence electrons. The predicted molar refractivity (Wildman–Crippen MR) is 134 cm³/mol. The van der Waals surface area contributed by atoms with Gasteiger partial charge in [-0.1, -0.05) is 36.0 Å². The molecule has 0 aliphatic carbocycles. The summed E-state index contributed by atoms with van der Waals surface area (Å²) in [5, 5.41) is 13.3. The number of nitrogens with zero attached hydrogens (tertiary/aromatic N) is 3. The van der Waals surface area contributed by atoms with Gasteiger partial charge < -0.3 is 5.32 Å². The number of hydrogen-bond acceptors (Lipinski definition) is 5. The molecule has 2 aromatic heterocycles. The highest BCUT2D eigenvalue weighted by Crippen LogP contribution is 2.37. The first-order valence-electron chi connectivity index (χ1n) is 10.9. The third-order valence-electron chi connectivity index (χ3n) is 5.20. The molecule has 0 bridgehead atoms. The quantitative estimate of drug-likeness (QED) is 0.134. The van der Waals surface area contributed by atoms with Crippen molar-refractivity contribution in [3.63, 3.8) is 0 Å². The molecule has 1 amide bonds. The van der Waals surface area contributed by atoms with E-state index in [1.807, 2.05) is 22.1 Å². The van der Waals surface area contributed by atoms with Crippen molar-refractivity contribution in [2.75, 3.05) is 5.32 Å². The lowest BCUT2D eigenvalue weighted by Crippen LogP contribution is -2.16. The molecular weight excluding hydrogens is 550 g/mol. The second-order valence-corrected chi connectivity index (χ2v) is 9.81. The van der Waals surface area contributed by atoms with Crippen molar-refractivity contribution in [1.29, 1.82) is 0 Å². The average Bonchev–Trinajstić information content (AvgIpc) is 3.52. The number of anilines is 1. The lowest BCUT2D eigenvalue weighted by atomic mass is 10.1. The number of benzene rings is 2. The number of amides is 1. The van der Waals surface area contributed by atoms with Crippen LogP contribution in [0.1, 0.15) is 27.0 Å². The highest BCUT2D eigenvalue weighted by atomic mass is 32.2. The van der Waals surface area contributed by atoms with Gasteiger partial charge in [0.15, 0.2) is 11.0 Å². The van der Waals surface area contributed by atoms with Crippen molar-refractivity contribution < 1.29 is 31.1 Å². The molecule has 0 spiro atoms. The molecule has 2 aromatic carbocycles. The van der Waals surface area contributed by atoms with Crippen LogP contribution in [0.25, 0.3) is 10.7 Å². The highest BCUT2D eigenvalue weighted by Gasteiger charge is 2.37. The Bertz CT molecular complexity index is 1400. The number of rotatable bonds is 8. The number of nitrogens with one attached hydrogen (secondary N) is 1. The van der Waals surface area contributed by atoms with E-state index < -0.39 is 35.1 Å². The van der Waals surface area contributed by atoms with E-state index in [1.165, 1.54) is 35.2 Å². The molecule has 5 nitrogen and oxygen atoms in total. The first-order valence-corrected chi connectivity index (χ1v) is 12.7. The lowest BCUT2D eigenvalue weighted by molar-refractivity contribution is -0.143. The Morgan fingerprint density at radius 3 is 2.21 bits per heavy atom. The second-order valence-electron chi connectivity index (χ2n) is 7.92. The fourth-order valence-electron chi connectivity index (χ4n) is 3.41. The number of halogens is 6. The van der Waals surface area contributed by atoms with Crippen molar-refractivity contribution in [2.45, 2.75) is 29.8 Å². The molecule has 1 N–H and O–H groups in total. The summed E-state index contributed by atoms with van der Waals surface area (Å²) in [6, 6.07) is 10.9. The molecule has 0 aliphatic rings. The van der Waals surface area contributed by atoms with Gasteiger partial charge in [-0.3, -0.25) is 9.36 Å². The van der Waals surface area contributed by atoms with Gasteiger partial charge in [0.2, 0.25) is 0 Å². The maximum atomic E-state index is 13.1. The van der Waals surface area contributed by atoms with Crippen molar-refractivity contribution >= 4 is 34.7 Å². The first-order chi connectivity index (χ1) is 18.0. The summed E-state index contributed by atoms with van der Waals surface area (Å²) in [7, 11) is 0. The molecule has 0 unspecified atom stereocenters. The molecule has 4 rings (SSSR count). The van der Waals surface area contributed by atoms with Gasteiger partial charge in [-0.05, 0) is 47.3 Å². The van der Waals surface area contributed by atoms with E-state index in [2.05, 4.69) is 22.1 Å². The van der Waals surface area contributed by atoms with Crippen LogP contribution in [0.3, 0.4) is 0 Å². The molecule has 2 heterocycles. The predicted octanol–water partition coefficient (Wildman–Crippen LogP) is 7.77. The summed E-state index contributed by atoms with van der Waals surface area (Å²) < 4.78 is 80.4. The van der Waals surface area contributed by atoms with Crippen LogP contribution in [0.2, 0.25) is 0 Å². The Balaban J connectivity index is 1.46. The topological polar surface area (TPSA) is 59.8 Å². The molecule has 0 aliphatic heterocycles. The Labute approximate surface area is 221 Å². The molecule has 4 aromatic rings. The Hall–Kier alpha value is -3.58. The van der Waals surface area contributed by atoms with Crippen LogP contribution < -0.4 is 5.32 Å². The zero-order chi connectivity index (χ0) is 27.5. The maximum absolute atomic E-state index is 13.1. The second kappa shape index (κ2) is 11.0. The molecule has 13 heteroatoms. The number of alkyl halides is 6. The fraction of sp³-hybridized carbons (Fsp3) is 0.160. The van der Waals surface area contributed by atoms with E-state index in [9.17, 15) is 31.1 Å². The van der Waals surface area contributed by atoms with Gasteiger partial charge in [0.25, 0.3) is 5.91 Å². The monoisotopic (exact) mass is 568 g/mol. The Kier molecular flexibility index (Phi) is 7.97. The SMILES string of the molecule is C=CCn1c(SCc2ccc(C(=O)Nc3cc(C(F)(F)F)cc(C(F)(F)F)c3)cc2)nnc1-c1cccs1. The number of hydrogen-bond donors (Lipinski definition) is 1. The summed E-state index contributed by atoms with van der Waals surface area (Å²) in [6.45, 7) is 4.28. The summed E-state index contributed by atoms with van der Waals surface area (Å²) in [5.74, 6) is 0.352. The smallest absolute Gasteiger partial charge is 0.322 e. The van der Waals surface area contributed by atoms with Crippen molar-refractivity contribution in [2.24, 2.45) is 0 Å². The van der Waals surface area contributed by atoms with E-state index in [0.29, 0.717) is 29.6 Å². The largest absolute Gasteiger partial charge is 0.416 e. The van der Waals surface area contributed by atoms with E-state index in [1.54, 1.807) is 18.2 Å². The van der Waals surface area contributed by atoms with E-state index in [4.69, 9.17) is 0 Å². The van der Waals surface area contributed by atoms with E-state index in [-0.39, 0.29) is 11.6 Å². The lowest BCUT2D eigenvalue weighted by Gasteiger charge is -2.15. The number of thioether (sulfide) groups is 1. The van der Waals surface area contributed by atoms with Gasteiger partial charge in [-0.2, -0.15) is 26.3 Å². The summed E-state index contributed by atoms with van der Waals surface area (Å²) in [5.41, 5.74) is -2.75. The molecule has 0 saturated heterocycles. The van der Waals surface area contributed by atoms with Gasteiger partial charge in [0, 0.05) is 23.5 Å². The van der Waals surface area contributed by atoms with Gasteiger partial charge in [-0.25, -0.2) is 0 Å². The van der Waals surface area contributed by atoms with Crippen LogP contribution in [-0.4, -0.2) is 20.7 Å². The summed E-state index contributed by atoms with van der Waals surface area (Å²) in [4.78, 5) is 13.5. The van der Waals surface area contributed by atoms with Crippen molar-refractivity contribution in [3.8, 4) is 10.7 Å². The van der Waals surface area contributed by atoms with Crippen LogP contribution >= 0.6 is 23.1 Å². The van der Waals surface area contributed by atoms with Gasteiger partial charge in [0.1, 0.15) is 0 Å². The van der Waals surface area contributed by atoms with Gasteiger partial charge in [-0.15, -0.1) is 28.1 Å². The maximum Gasteiger partial charge on any atom is 0.416 e. The van der Waals surface area contributed by atoms with Crippen molar-refractivity contribution in [3.05, 3.63) is 94.9 Å². The molecule has 0 saturated carbocycles. The summed E-state index contributed by atoms with van der Waals surface area (Å²) in [6.07, 6.45) is -8.29. The minimum Gasteiger partial charge on any atom is -0.322 e. The Morgan fingerprint density at radius 2 is 1.66 bits per heavy atom. The third kappa shape index (κ3) is 6.45. The van der Waals surface area contributed by atoms with Crippen LogP contribution in [0, 0.1) is 0 Å². The van der Waals surface area contributed by atoms with Crippen LogP contribution in [0.15, 0.2) is 77.8 Å². The fourth-order valence-corrected chi connectivity index (χ4v) is 5.03. The molecular formula is C25H18F6N4OS2. The summed E-state index contributed by atoms with van der Waals surface area (Å²) >= 11 is 2.95. The highest BCUT2D eigenvalue weighted by molar-refractivity contribution is 7.98. The Morgan fingerprint density at radius 1 is 1.00 bits per heavy atom. The number of carbonyl (C=O) groups is 1. The zero-order valence-electron chi connectivity index (χ0n) is 19.3. The minimum atomic E-state index is -5.01. The van der Waals surface area contributed by atoms with Crippen LogP contribution in [0.5, 0.6) is 0 Å². The molecule has 0 atom stereocenters. The number of aromatic nitrogens is 3. The van der Waals surface area contributed by atoms with Crippen LogP contribution in [-0.2, 0) is 24.7 Å². The van der Waals surface area contributed by atoms with E-state index >= 15 is 0 Å². The third-order valence-corrected chi connectivity index (χ3v) is 7.10. The van der Waals surface area contributed by atoms with Crippen molar-refractivity contribution in [1.82, 2.24) is 14.8 Å². The molecule has 0 radical (unpaired) electrons. The molecule has 38 heavy (non-hydrogen) atoms. The zero-order valence-corrected chi connectivity index (χ0v) is 20.9. The van der Waals surface area contributed by atoms with E-state index in [0.717, 1.165) is 16.3 Å². The standard InChI is InChI=1S/C25H18F6N4OS2/c1-2-9-35-21(20-4-3-10-37-20)33-34-23(35)38-14-15-5-7-16(8-6-15)22(36)32-19-12-17(24(26,27)28)11-18(13-19)25(29,30)31/h2-8,10-13H,1,9,14H2,(H,32,36). The normalized spacial score (nSPS) is 11.9. The van der Waals surface area contributed by atoms with Gasteiger partial charge >= 0.3 is 12.4 Å². The number of allylic oxidation sites excluding steroid dienone is 1.